The summed E-state index contributed by atoms with van der Waals surface area (Å²) < 4.78 is 15.5. The van der Waals surface area contributed by atoms with Crippen LogP contribution in [0.2, 0.25) is 0 Å². The molecule has 3 N–H and O–H groups in total. The third kappa shape index (κ3) is 2.19. The lowest BCUT2D eigenvalue weighted by Gasteiger charge is -2.22. The van der Waals surface area contributed by atoms with Gasteiger partial charge in [0.1, 0.15) is 11.3 Å². The van der Waals surface area contributed by atoms with Crippen LogP contribution in [0, 0.1) is 5.82 Å². The number of carbonyl (C=O) groups excluding carboxylic acids is 1. The molecule has 3 aromatic rings. The van der Waals surface area contributed by atoms with Gasteiger partial charge in [0.15, 0.2) is 5.65 Å². The minimum Gasteiger partial charge on any atom is -0.366 e. The van der Waals surface area contributed by atoms with Crippen molar-refractivity contribution in [1.82, 2.24) is 19.5 Å². The second-order valence-electron chi connectivity index (χ2n) is 6.38. The fourth-order valence-corrected chi connectivity index (χ4v) is 3.86. The maximum Gasteiger partial charge on any atom is 0.251 e. The molecule has 1 atom stereocenters. The fraction of sp³-hybridized carbons (Fsp3) is 0.412. The summed E-state index contributed by atoms with van der Waals surface area (Å²) in [6.07, 6.45) is 5.27. The number of carbonyl (C=O) groups is 1. The Morgan fingerprint density at radius 2 is 2.33 bits per heavy atom. The molecule has 1 aromatic carbocycles. The van der Waals surface area contributed by atoms with Gasteiger partial charge in [-0.2, -0.15) is 0 Å². The molecule has 1 amide bonds. The predicted octanol–water partition coefficient (Wildman–Crippen LogP) is 2.60. The number of primary amides is 1. The average molecular weight is 329 g/mol. The van der Waals surface area contributed by atoms with Crippen molar-refractivity contribution in [3.63, 3.8) is 0 Å². The molecule has 3 heterocycles. The van der Waals surface area contributed by atoms with Crippen LogP contribution in [0.1, 0.15) is 48.1 Å². The first-order chi connectivity index (χ1) is 11.6. The van der Waals surface area contributed by atoms with Gasteiger partial charge in [-0.3, -0.25) is 14.8 Å². The van der Waals surface area contributed by atoms with E-state index in [4.69, 9.17) is 5.73 Å². The van der Waals surface area contributed by atoms with E-state index in [0.29, 0.717) is 17.1 Å². The van der Waals surface area contributed by atoms with Crippen molar-refractivity contribution in [3.8, 4) is 0 Å². The SMILES string of the molecule is CCCN1CCCC1c1c[nH]n2c1nc1cc(F)cc(C(N)=O)c12. The van der Waals surface area contributed by atoms with Crippen LogP contribution in [-0.4, -0.2) is 38.5 Å². The summed E-state index contributed by atoms with van der Waals surface area (Å²) in [5, 5.41) is 3.16. The highest BCUT2D eigenvalue weighted by molar-refractivity contribution is 6.05. The molecule has 1 aliphatic heterocycles. The van der Waals surface area contributed by atoms with E-state index in [2.05, 4.69) is 21.9 Å². The number of aromatic nitrogens is 3. The van der Waals surface area contributed by atoms with Crippen molar-refractivity contribution in [2.45, 2.75) is 32.2 Å². The molecule has 0 radical (unpaired) electrons. The molecule has 6 nitrogen and oxygen atoms in total. The molecule has 1 aliphatic rings. The summed E-state index contributed by atoms with van der Waals surface area (Å²) in [4.78, 5) is 18.7. The summed E-state index contributed by atoms with van der Waals surface area (Å²) >= 11 is 0. The van der Waals surface area contributed by atoms with Gasteiger partial charge in [-0.25, -0.2) is 13.9 Å². The molecule has 1 unspecified atom stereocenters. The lowest BCUT2D eigenvalue weighted by molar-refractivity contribution is 0.100. The number of H-pyrrole nitrogens is 1. The molecule has 4 rings (SSSR count). The monoisotopic (exact) mass is 329 g/mol. The Hall–Kier alpha value is -2.41. The van der Waals surface area contributed by atoms with Crippen LogP contribution in [0.4, 0.5) is 4.39 Å². The summed E-state index contributed by atoms with van der Waals surface area (Å²) in [6, 6.07) is 2.81. The Bertz CT molecular complexity index is 928. The molecular weight excluding hydrogens is 309 g/mol. The van der Waals surface area contributed by atoms with Gasteiger partial charge in [-0.05, 0) is 38.4 Å². The van der Waals surface area contributed by atoms with Crippen LogP contribution >= 0.6 is 0 Å². The van der Waals surface area contributed by atoms with E-state index >= 15 is 0 Å². The quantitative estimate of drug-likeness (QED) is 0.772. The zero-order valence-corrected chi connectivity index (χ0v) is 13.6. The maximum absolute atomic E-state index is 13.8. The number of hydrogen-bond acceptors (Lipinski definition) is 3. The number of nitrogens with one attached hydrogen (secondary N) is 1. The smallest absolute Gasteiger partial charge is 0.251 e. The van der Waals surface area contributed by atoms with Crippen molar-refractivity contribution in [2.75, 3.05) is 13.1 Å². The molecule has 0 aliphatic carbocycles. The lowest BCUT2D eigenvalue weighted by Crippen LogP contribution is -2.23. The normalized spacial score (nSPS) is 18.8. The van der Waals surface area contributed by atoms with Gasteiger partial charge in [0, 0.05) is 23.9 Å². The van der Waals surface area contributed by atoms with Crippen molar-refractivity contribution in [2.24, 2.45) is 5.73 Å². The van der Waals surface area contributed by atoms with Gasteiger partial charge < -0.3 is 5.73 Å². The average Bonchev–Trinajstić information content (AvgIpc) is 3.21. The zero-order valence-electron chi connectivity index (χ0n) is 13.6. The van der Waals surface area contributed by atoms with Crippen LogP contribution in [0.15, 0.2) is 18.3 Å². The number of benzene rings is 1. The highest BCUT2D eigenvalue weighted by Crippen LogP contribution is 2.35. The van der Waals surface area contributed by atoms with Gasteiger partial charge in [0.25, 0.3) is 5.91 Å². The molecule has 1 fully saturated rings. The van der Waals surface area contributed by atoms with Crippen LogP contribution in [0.25, 0.3) is 16.7 Å². The summed E-state index contributed by atoms with van der Waals surface area (Å²) in [6.45, 7) is 4.30. The molecular formula is C17H20FN5O. The number of nitrogens with zero attached hydrogens (tertiary/aromatic N) is 3. The molecule has 24 heavy (non-hydrogen) atoms. The minimum absolute atomic E-state index is 0.141. The lowest BCUT2D eigenvalue weighted by atomic mass is 10.1. The molecule has 0 spiro atoms. The molecule has 0 saturated carbocycles. The third-order valence-corrected chi connectivity index (χ3v) is 4.82. The van der Waals surface area contributed by atoms with Crippen molar-refractivity contribution in [3.05, 3.63) is 35.3 Å². The fourth-order valence-electron chi connectivity index (χ4n) is 3.86. The Labute approximate surface area is 138 Å². The number of fused-ring (bicyclic) bond motifs is 3. The highest BCUT2D eigenvalue weighted by atomic mass is 19.1. The van der Waals surface area contributed by atoms with Gasteiger partial charge in [-0.15, -0.1) is 0 Å². The summed E-state index contributed by atoms with van der Waals surface area (Å²) in [5.41, 5.74) is 8.37. The zero-order chi connectivity index (χ0) is 16.8. The first-order valence-electron chi connectivity index (χ1n) is 8.33. The van der Waals surface area contributed by atoms with E-state index in [1.165, 1.54) is 6.07 Å². The van der Waals surface area contributed by atoms with Crippen molar-refractivity contribution >= 4 is 22.6 Å². The first kappa shape index (κ1) is 15.1. The first-order valence-corrected chi connectivity index (χ1v) is 8.33. The third-order valence-electron chi connectivity index (χ3n) is 4.82. The Kier molecular flexibility index (Phi) is 3.53. The van der Waals surface area contributed by atoms with E-state index < -0.39 is 11.7 Å². The van der Waals surface area contributed by atoms with Crippen molar-refractivity contribution in [1.29, 1.82) is 0 Å². The number of halogens is 1. The van der Waals surface area contributed by atoms with Gasteiger partial charge >= 0.3 is 0 Å². The number of likely N-dealkylation sites (tertiary alicyclic amines) is 1. The number of rotatable bonds is 4. The van der Waals surface area contributed by atoms with Crippen LogP contribution in [0.3, 0.4) is 0 Å². The van der Waals surface area contributed by atoms with Crippen molar-refractivity contribution < 1.29 is 9.18 Å². The number of nitrogens with two attached hydrogens (primary N) is 1. The van der Waals surface area contributed by atoms with E-state index in [0.717, 1.165) is 49.6 Å². The summed E-state index contributed by atoms with van der Waals surface area (Å²) in [7, 11) is 0. The van der Waals surface area contributed by atoms with E-state index in [9.17, 15) is 9.18 Å². The number of imidazole rings is 1. The number of aromatic amines is 1. The highest BCUT2D eigenvalue weighted by Gasteiger charge is 2.29. The predicted molar refractivity (Wildman–Crippen MR) is 89.4 cm³/mol. The van der Waals surface area contributed by atoms with E-state index in [1.54, 1.807) is 4.52 Å². The Morgan fingerprint density at radius 1 is 1.50 bits per heavy atom. The van der Waals surface area contributed by atoms with Crippen LogP contribution < -0.4 is 5.73 Å². The molecule has 0 bridgehead atoms. The van der Waals surface area contributed by atoms with Crippen LogP contribution in [-0.2, 0) is 0 Å². The topological polar surface area (TPSA) is 79.4 Å². The number of hydrogen-bond donors (Lipinski definition) is 2. The van der Waals surface area contributed by atoms with Gasteiger partial charge in [0.2, 0.25) is 0 Å². The maximum atomic E-state index is 13.8. The Morgan fingerprint density at radius 3 is 3.08 bits per heavy atom. The molecule has 7 heteroatoms. The molecule has 2 aromatic heterocycles. The largest absolute Gasteiger partial charge is 0.366 e. The Balaban J connectivity index is 1.91. The minimum atomic E-state index is -0.661. The van der Waals surface area contributed by atoms with Gasteiger partial charge in [0.05, 0.1) is 11.1 Å². The summed E-state index contributed by atoms with van der Waals surface area (Å²) in [5.74, 6) is -1.17. The second kappa shape index (κ2) is 5.59. The van der Waals surface area contributed by atoms with E-state index in [-0.39, 0.29) is 5.56 Å². The number of amides is 1. The standard InChI is InChI=1S/C17H20FN5O/c1-2-5-22-6-3-4-14(22)12-9-20-23-15-11(16(19)24)7-10(18)8-13(15)21-17(12)23/h7-9,14,20H,2-6H2,1H3,(H2,19,24). The second-order valence-corrected chi connectivity index (χ2v) is 6.38. The molecule has 1 saturated heterocycles. The van der Waals surface area contributed by atoms with Gasteiger partial charge in [-0.1, -0.05) is 6.92 Å². The van der Waals surface area contributed by atoms with E-state index in [1.807, 2.05) is 6.20 Å². The molecule has 126 valence electrons. The van der Waals surface area contributed by atoms with Crippen LogP contribution in [0.5, 0.6) is 0 Å².